The first-order valence-corrected chi connectivity index (χ1v) is 6.50. The Morgan fingerprint density at radius 2 is 1.89 bits per heavy atom. The first kappa shape index (κ1) is 12.7. The highest BCUT2D eigenvalue weighted by molar-refractivity contribution is 9.10. The number of rotatable bonds is 3. The lowest BCUT2D eigenvalue weighted by Crippen LogP contribution is -2.06. The largest absolute Gasteiger partial charge is 0.378 e. The number of anilines is 1. The molecule has 0 aliphatic heterocycles. The Morgan fingerprint density at radius 1 is 1.17 bits per heavy atom. The van der Waals surface area contributed by atoms with Gasteiger partial charge < -0.3 is 5.32 Å². The molecular formula is C15H13BrN2. The maximum Gasteiger partial charge on any atom is 0.0992 e. The van der Waals surface area contributed by atoms with E-state index >= 15 is 0 Å². The van der Waals surface area contributed by atoms with Crippen LogP contribution in [-0.4, -0.2) is 0 Å². The lowest BCUT2D eigenvalue weighted by molar-refractivity contribution is 0.884. The van der Waals surface area contributed by atoms with Gasteiger partial charge in [0.05, 0.1) is 11.6 Å². The third-order valence-electron chi connectivity index (χ3n) is 2.74. The number of benzene rings is 2. The van der Waals surface area contributed by atoms with Crippen molar-refractivity contribution < 1.29 is 0 Å². The number of nitrogens with zero attached hydrogens (tertiary/aromatic N) is 1. The molecule has 0 aliphatic carbocycles. The molecule has 1 unspecified atom stereocenters. The summed E-state index contributed by atoms with van der Waals surface area (Å²) in [5.41, 5.74) is 2.84. The SMILES string of the molecule is CC(Nc1cccc(C#N)c1)c1ccc(Br)cc1. The van der Waals surface area contributed by atoms with E-state index in [1.807, 2.05) is 30.3 Å². The monoisotopic (exact) mass is 300 g/mol. The van der Waals surface area contributed by atoms with Gasteiger partial charge in [-0.1, -0.05) is 34.1 Å². The average molecular weight is 301 g/mol. The Morgan fingerprint density at radius 3 is 2.56 bits per heavy atom. The summed E-state index contributed by atoms with van der Waals surface area (Å²) >= 11 is 3.42. The predicted molar refractivity (Wildman–Crippen MR) is 77.3 cm³/mol. The van der Waals surface area contributed by atoms with Crippen LogP contribution in [0.5, 0.6) is 0 Å². The zero-order valence-electron chi connectivity index (χ0n) is 10.0. The maximum atomic E-state index is 8.86. The van der Waals surface area contributed by atoms with E-state index in [0.717, 1.165) is 10.2 Å². The molecule has 0 radical (unpaired) electrons. The third kappa shape index (κ3) is 3.12. The van der Waals surface area contributed by atoms with E-state index in [2.05, 4.69) is 46.4 Å². The van der Waals surface area contributed by atoms with Gasteiger partial charge in [-0.05, 0) is 42.8 Å². The molecule has 0 aliphatic rings. The zero-order valence-corrected chi connectivity index (χ0v) is 11.6. The van der Waals surface area contributed by atoms with Gasteiger partial charge in [0.1, 0.15) is 0 Å². The van der Waals surface area contributed by atoms with Crippen LogP contribution in [0.2, 0.25) is 0 Å². The van der Waals surface area contributed by atoms with Gasteiger partial charge in [0.2, 0.25) is 0 Å². The Kier molecular flexibility index (Phi) is 4.01. The highest BCUT2D eigenvalue weighted by Gasteiger charge is 2.05. The molecule has 0 fully saturated rings. The minimum absolute atomic E-state index is 0.201. The Bertz CT molecular complexity index is 570. The quantitative estimate of drug-likeness (QED) is 0.906. The van der Waals surface area contributed by atoms with Crippen molar-refractivity contribution in [2.75, 3.05) is 5.32 Å². The van der Waals surface area contributed by atoms with Gasteiger partial charge in [-0.25, -0.2) is 0 Å². The van der Waals surface area contributed by atoms with Crippen LogP contribution in [0.3, 0.4) is 0 Å². The molecule has 2 nitrogen and oxygen atoms in total. The number of hydrogen-bond acceptors (Lipinski definition) is 2. The van der Waals surface area contributed by atoms with Crippen LogP contribution in [0.15, 0.2) is 53.0 Å². The molecule has 0 bridgehead atoms. The predicted octanol–water partition coefficient (Wildman–Crippen LogP) is 4.49. The molecule has 3 heteroatoms. The molecule has 0 spiro atoms. The summed E-state index contributed by atoms with van der Waals surface area (Å²) in [4.78, 5) is 0. The summed E-state index contributed by atoms with van der Waals surface area (Å²) < 4.78 is 1.07. The van der Waals surface area contributed by atoms with E-state index in [1.165, 1.54) is 5.56 Å². The van der Waals surface area contributed by atoms with Crippen molar-refractivity contribution in [1.82, 2.24) is 0 Å². The Hall–Kier alpha value is -1.79. The van der Waals surface area contributed by atoms with Crippen LogP contribution in [0.25, 0.3) is 0 Å². The third-order valence-corrected chi connectivity index (χ3v) is 3.27. The van der Waals surface area contributed by atoms with E-state index in [9.17, 15) is 0 Å². The number of nitrogens with one attached hydrogen (secondary N) is 1. The summed E-state index contributed by atoms with van der Waals surface area (Å²) in [7, 11) is 0. The summed E-state index contributed by atoms with van der Waals surface area (Å²) in [6.07, 6.45) is 0. The van der Waals surface area contributed by atoms with Crippen molar-refractivity contribution >= 4 is 21.6 Å². The van der Waals surface area contributed by atoms with Crippen LogP contribution in [0.4, 0.5) is 5.69 Å². The molecule has 2 aromatic rings. The minimum atomic E-state index is 0.201. The summed E-state index contributed by atoms with van der Waals surface area (Å²) in [6, 6.07) is 18.1. The lowest BCUT2D eigenvalue weighted by Gasteiger charge is -2.16. The average Bonchev–Trinajstić information content (AvgIpc) is 2.39. The molecule has 1 N–H and O–H groups in total. The topological polar surface area (TPSA) is 35.8 Å². The van der Waals surface area contributed by atoms with Gasteiger partial charge in [0.25, 0.3) is 0 Å². The molecule has 0 amide bonds. The van der Waals surface area contributed by atoms with E-state index in [-0.39, 0.29) is 6.04 Å². The van der Waals surface area contributed by atoms with E-state index < -0.39 is 0 Å². The van der Waals surface area contributed by atoms with Gasteiger partial charge >= 0.3 is 0 Å². The molecular weight excluding hydrogens is 288 g/mol. The van der Waals surface area contributed by atoms with Crippen molar-refractivity contribution in [2.24, 2.45) is 0 Å². The second-order valence-electron chi connectivity index (χ2n) is 4.11. The number of nitriles is 1. The molecule has 18 heavy (non-hydrogen) atoms. The Balaban J connectivity index is 2.13. The number of halogens is 1. The van der Waals surface area contributed by atoms with Crippen LogP contribution >= 0.6 is 15.9 Å². The zero-order chi connectivity index (χ0) is 13.0. The molecule has 0 heterocycles. The standard InChI is InChI=1S/C15H13BrN2/c1-11(13-5-7-14(16)8-6-13)18-15-4-2-3-12(9-15)10-17/h2-9,11,18H,1H3. The molecule has 90 valence electrons. The molecule has 0 saturated carbocycles. The molecule has 1 atom stereocenters. The summed E-state index contributed by atoms with van der Waals surface area (Å²) in [5.74, 6) is 0. The normalized spacial score (nSPS) is 11.6. The van der Waals surface area contributed by atoms with Crippen molar-refractivity contribution in [3.05, 3.63) is 64.1 Å². The minimum Gasteiger partial charge on any atom is -0.378 e. The second-order valence-corrected chi connectivity index (χ2v) is 5.03. The van der Waals surface area contributed by atoms with Gasteiger partial charge in [-0.15, -0.1) is 0 Å². The molecule has 0 aromatic heterocycles. The number of hydrogen-bond donors (Lipinski definition) is 1. The molecule has 0 saturated heterocycles. The van der Waals surface area contributed by atoms with Crippen molar-refractivity contribution in [2.45, 2.75) is 13.0 Å². The fourth-order valence-electron chi connectivity index (χ4n) is 1.76. The molecule has 2 rings (SSSR count). The van der Waals surface area contributed by atoms with Gasteiger partial charge in [-0.2, -0.15) is 5.26 Å². The van der Waals surface area contributed by atoms with Crippen molar-refractivity contribution in [3.63, 3.8) is 0 Å². The summed E-state index contributed by atoms with van der Waals surface area (Å²) in [6.45, 7) is 2.10. The first-order chi connectivity index (χ1) is 8.69. The fraction of sp³-hybridized carbons (Fsp3) is 0.133. The summed E-state index contributed by atoms with van der Waals surface area (Å²) in [5, 5.41) is 12.2. The van der Waals surface area contributed by atoms with E-state index in [1.54, 1.807) is 6.07 Å². The lowest BCUT2D eigenvalue weighted by atomic mass is 10.1. The van der Waals surface area contributed by atoms with Crippen LogP contribution in [-0.2, 0) is 0 Å². The molecule has 2 aromatic carbocycles. The van der Waals surface area contributed by atoms with Crippen molar-refractivity contribution in [1.29, 1.82) is 5.26 Å². The highest BCUT2D eigenvalue weighted by atomic mass is 79.9. The van der Waals surface area contributed by atoms with Crippen LogP contribution in [0, 0.1) is 11.3 Å². The fourth-order valence-corrected chi connectivity index (χ4v) is 2.03. The first-order valence-electron chi connectivity index (χ1n) is 5.71. The van der Waals surface area contributed by atoms with Gasteiger partial charge in [0, 0.05) is 16.2 Å². The Labute approximate surface area is 115 Å². The van der Waals surface area contributed by atoms with Crippen LogP contribution in [0.1, 0.15) is 24.1 Å². The maximum absolute atomic E-state index is 8.86. The van der Waals surface area contributed by atoms with Crippen molar-refractivity contribution in [3.8, 4) is 6.07 Å². The van der Waals surface area contributed by atoms with E-state index in [0.29, 0.717) is 5.56 Å². The van der Waals surface area contributed by atoms with Crippen LogP contribution < -0.4 is 5.32 Å². The van der Waals surface area contributed by atoms with E-state index in [4.69, 9.17) is 5.26 Å². The second kappa shape index (κ2) is 5.70. The smallest absolute Gasteiger partial charge is 0.0992 e. The highest BCUT2D eigenvalue weighted by Crippen LogP contribution is 2.21. The van der Waals surface area contributed by atoms with Gasteiger partial charge in [0.15, 0.2) is 0 Å². The van der Waals surface area contributed by atoms with Gasteiger partial charge in [-0.3, -0.25) is 0 Å².